The van der Waals surface area contributed by atoms with Crippen LogP contribution in [0.25, 0.3) is 0 Å². The van der Waals surface area contributed by atoms with Crippen molar-refractivity contribution in [2.75, 3.05) is 16.8 Å². The molecule has 0 bridgehead atoms. The van der Waals surface area contributed by atoms with E-state index in [4.69, 9.17) is 27.9 Å². The molecule has 1 aliphatic heterocycles. The summed E-state index contributed by atoms with van der Waals surface area (Å²) in [6.07, 6.45) is 1.22. The molecule has 3 rings (SSSR count). The minimum absolute atomic E-state index is 0.316. The van der Waals surface area contributed by atoms with Gasteiger partial charge in [-0.05, 0) is 42.0 Å². The molecular formula is C16H12Cl2N2O3. The summed E-state index contributed by atoms with van der Waals surface area (Å²) in [5.74, 6) is 0.782. The van der Waals surface area contributed by atoms with E-state index in [2.05, 4.69) is 5.32 Å². The van der Waals surface area contributed by atoms with Gasteiger partial charge in [0, 0.05) is 12.1 Å². The number of hydrogen-bond acceptors (Lipinski definition) is 3. The molecule has 3 amide bonds. The highest BCUT2D eigenvalue weighted by atomic mass is 35.5. The number of anilines is 2. The molecule has 23 heavy (non-hydrogen) atoms. The zero-order valence-electron chi connectivity index (χ0n) is 11.9. The molecule has 0 atom stereocenters. The van der Waals surface area contributed by atoms with Crippen molar-refractivity contribution in [2.45, 2.75) is 6.42 Å². The van der Waals surface area contributed by atoms with Gasteiger partial charge in [0.05, 0.1) is 22.3 Å². The summed E-state index contributed by atoms with van der Waals surface area (Å²) >= 11 is 11.7. The molecule has 1 N–H and O–H groups in total. The highest BCUT2D eigenvalue weighted by molar-refractivity contribution is 6.42. The second-order valence-electron chi connectivity index (χ2n) is 4.92. The van der Waals surface area contributed by atoms with Crippen LogP contribution in [0.15, 0.2) is 36.4 Å². The van der Waals surface area contributed by atoms with E-state index in [9.17, 15) is 9.59 Å². The van der Waals surface area contributed by atoms with Crippen LogP contribution >= 0.6 is 23.2 Å². The fourth-order valence-electron chi connectivity index (χ4n) is 2.31. The number of carbonyl (C=O) groups excluding carboxylic acids is 2. The van der Waals surface area contributed by atoms with Crippen molar-refractivity contribution in [3.05, 3.63) is 52.0 Å². The zero-order chi connectivity index (χ0) is 16.4. The van der Waals surface area contributed by atoms with Gasteiger partial charge in [-0.2, -0.15) is 0 Å². The number of halogens is 2. The van der Waals surface area contributed by atoms with Crippen molar-refractivity contribution >= 4 is 47.0 Å². The molecule has 0 saturated carbocycles. The Hall–Kier alpha value is -2.24. The molecule has 5 nitrogen and oxygen atoms in total. The highest BCUT2D eigenvalue weighted by Crippen LogP contribution is 2.30. The van der Waals surface area contributed by atoms with Crippen LogP contribution in [0, 0.1) is 0 Å². The number of rotatable bonds is 3. The lowest BCUT2D eigenvalue weighted by Gasteiger charge is -2.17. The van der Waals surface area contributed by atoms with Crippen LogP contribution in [0.2, 0.25) is 10.0 Å². The molecule has 1 aliphatic rings. The lowest BCUT2D eigenvalue weighted by molar-refractivity contribution is -0.106. The van der Waals surface area contributed by atoms with E-state index in [-0.39, 0.29) is 0 Å². The van der Waals surface area contributed by atoms with Crippen LogP contribution in [0.1, 0.15) is 5.56 Å². The summed E-state index contributed by atoms with van der Waals surface area (Å²) in [6.45, 7) is 0.606. The van der Waals surface area contributed by atoms with Gasteiger partial charge in [-0.15, -0.1) is 0 Å². The predicted octanol–water partition coefficient (Wildman–Crippen LogP) is 4.12. The van der Waals surface area contributed by atoms with Crippen molar-refractivity contribution in [1.29, 1.82) is 0 Å². The van der Waals surface area contributed by atoms with E-state index in [0.29, 0.717) is 34.4 Å². The third kappa shape index (κ3) is 3.25. The number of ether oxygens (including phenoxy) is 1. The third-order valence-corrected chi connectivity index (χ3v) is 4.19. The maximum Gasteiger partial charge on any atom is 0.332 e. The molecule has 118 valence electrons. The van der Waals surface area contributed by atoms with Crippen molar-refractivity contribution in [1.82, 2.24) is 0 Å². The van der Waals surface area contributed by atoms with Crippen LogP contribution in [-0.2, 0) is 11.2 Å². The molecule has 2 aromatic carbocycles. The van der Waals surface area contributed by atoms with E-state index in [1.807, 2.05) is 0 Å². The highest BCUT2D eigenvalue weighted by Gasteiger charge is 2.19. The summed E-state index contributed by atoms with van der Waals surface area (Å²) in [7, 11) is 0. The lowest BCUT2D eigenvalue weighted by Crippen LogP contribution is -2.33. The standard InChI is InChI=1S/C16H12Cl2N2O3/c17-13-3-1-11(8-14(13)18)19-16(22)20(9-21)12-2-4-15-10(7-12)5-6-23-15/h1-4,7-9H,5-6H2,(H,19,22). The molecule has 0 saturated heterocycles. The van der Waals surface area contributed by atoms with Gasteiger partial charge in [-0.25, -0.2) is 9.69 Å². The van der Waals surface area contributed by atoms with E-state index in [1.54, 1.807) is 30.3 Å². The monoisotopic (exact) mass is 350 g/mol. The average Bonchev–Trinajstić information content (AvgIpc) is 2.99. The molecule has 0 radical (unpaired) electrons. The van der Waals surface area contributed by atoms with Gasteiger partial charge >= 0.3 is 6.03 Å². The third-order valence-electron chi connectivity index (χ3n) is 3.45. The number of imide groups is 1. The van der Waals surface area contributed by atoms with Crippen molar-refractivity contribution < 1.29 is 14.3 Å². The topological polar surface area (TPSA) is 58.6 Å². The number of urea groups is 1. The quantitative estimate of drug-likeness (QED) is 0.847. The first kappa shape index (κ1) is 15.6. The minimum Gasteiger partial charge on any atom is -0.493 e. The number of carbonyl (C=O) groups is 2. The lowest BCUT2D eigenvalue weighted by atomic mass is 10.1. The van der Waals surface area contributed by atoms with Crippen LogP contribution in [0.4, 0.5) is 16.2 Å². The number of nitrogens with zero attached hydrogens (tertiary/aromatic N) is 1. The molecular weight excluding hydrogens is 339 g/mol. The smallest absolute Gasteiger partial charge is 0.332 e. The molecule has 0 fully saturated rings. The summed E-state index contributed by atoms with van der Waals surface area (Å²) < 4.78 is 5.41. The van der Waals surface area contributed by atoms with Crippen molar-refractivity contribution in [3.63, 3.8) is 0 Å². The number of benzene rings is 2. The molecule has 0 aliphatic carbocycles. The Bertz CT molecular complexity index is 780. The van der Waals surface area contributed by atoms with Gasteiger partial charge in [0.15, 0.2) is 0 Å². The Morgan fingerprint density at radius 3 is 2.74 bits per heavy atom. The second-order valence-corrected chi connectivity index (χ2v) is 5.74. The van der Waals surface area contributed by atoms with Gasteiger partial charge in [-0.3, -0.25) is 4.79 Å². The first-order chi connectivity index (χ1) is 11.1. The summed E-state index contributed by atoms with van der Waals surface area (Å²) in [4.78, 5) is 24.6. The Morgan fingerprint density at radius 2 is 2.00 bits per heavy atom. The second kappa shape index (κ2) is 6.48. The van der Waals surface area contributed by atoms with Gasteiger partial charge < -0.3 is 10.1 Å². The maximum absolute atomic E-state index is 12.3. The van der Waals surface area contributed by atoms with Crippen LogP contribution in [0.3, 0.4) is 0 Å². The number of fused-ring (bicyclic) bond motifs is 1. The Balaban J connectivity index is 1.81. The first-order valence-electron chi connectivity index (χ1n) is 6.85. The number of nitrogens with one attached hydrogen (secondary N) is 1. The van der Waals surface area contributed by atoms with Crippen LogP contribution in [-0.4, -0.2) is 19.0 Å². The predicted molar refractivity (Wildman–Crippen MR) is 89.7 cm³/mol. The molecule has 0 aromatic heterocycles. The van der Waals surface area contributed by atoms with E-state index < -0.39 is 6.03 Å². The Kier molecular flexibility index (Phi) is 4.41. The number of amides is 3. The average molecular weight is 351 g/mol. The largest absolute Gasteiger partial charge is 0.493 e. The van der Waals surface area contributed by atoms with Gasteiger partial charge in [0.25, 0.3) is 0 Å². The fourth-order valence-corrected chi connectivity index (χ4v) is 2.60. The maximum atomic E-state index is 12.3. The normalized spacial score (nSPS) is 12.3. The summed E-state index contributed by atoms with van der Waals surface area (Å²) in [5.41, 5.74) is 1.89. The van der Waals surface area contributed by atoms with Gasteiger partial charge in [0.1, 0.15) is 5.75 Å². The molecule has 0 spiro atoms. The van der Waals surface area contributed by atoms with E-state index >= 15 is 0 Å². The SMILES string of the molecule is O=CN(C(=O)Nc1ccc(Cl)c(Cl)c1)c1ccc2c(c1)CCO2. The van der Waals surface area contributed by atoms with Crippen molar-refractivity contribution in [2.24, 2.45) is 0 Å². The van der Waals surface area contributed by atoms with Crippen molar-refractivity contribution in [3.8, 4) is 5.75 Å². The van der Waals surface area contributed by atoms with E-state index in [0.717, 1.165) is 22.6 Å². The molecule has 1 heterocycles. The minimum atomic E-state index is -0.586. The van der Waals surface area contributed by atoms with Gasteiger partial charge in [0.2, 0.25) is 6.41 Å². The Labute approximate surface area is 142 Å². The molecule has 7 heteroatoms. The van der Waals surface area contributed by atoms with Crippen LogP contribution in [0.5, 0.6) is 5.75 Å². The Morgan fingerprint density at radius 1 is 1.17 bits per heavy atom. The van der Waals surface area contributed by atoms with Crippen LogP contribution < -0.4 is 15.0 Å². The summed E-state index contributed by atoms with van der Waals surface area (Å²) in [5, 5.41) is 3.31. The van der Waals surface area contributed by atoms with E-state index in [1.165, 1.54) is 6.07 Å². The molecule has 2 aromatic rings. The van der Waals surface area contributed by atoms with Gasteiger partial charge in [-0.1, -0.05) is 23.2 Å². The fraction of sp³-hybridized carbons (Fsp3) is 0.125. The number of hydrogen-bond donors (Lipinski definition) is 1. The summed E-state index contributed by atoms with van der Waals surface area (Å²) in [6, 6.07) is 9.28. The first-order valence-corrected chi connectivity index (χ1v) is 7.60. The zero-order valence-corrected chi connectivity index (χ0v) is 13.4. The molecule has 0 unspecified atom stereocenters.